The average molecular weight is 476 g/mol. The molecule has 2 atom stereocenters. The highest BCUT2D eigenvalue weighted by molar-refractivity contribution is 7.11. The summed E-state index contributed by atoms with van der Waals surface area (Å²) in [6.07, 6.45) is 6.01. The molecule has 1 aliphatic heterocycles. The number of thiazole rings is 1. The van der Waals surface area contributed by atoms with Gasteiger partial charge in [-0.25, -0.2) is 14.4 Å². The lowest BCUT2D eigenvalue weighted by Crippen LogP contribution is -2.43. The van der Waals surface area contributed by atoms with Gasteiger partial charge in [-0.15, -0.1) is 0 Å². The zero-order valence-corrected chi connectivity index (χ0v) is 19.2. The number of carbonyl (C=O) groups is 1. The van der Waals surface area contributed by atoms with E-state index in [2.05, 4.69) is 30.6 Å². The Morgan fingerprint density at radius 1 is 1.28 bits per heavy atom. The van der Waals surface area contributed by atoms with Crippen molar-refractivity contribution in [3.63, 3.8) is 0 Å². The first-order chi connectivity index (χ1) is 15.4. The summed E-state index contributed by atoms with van der Waals surface area (Å²) in [6, 6.07) is 7.29. The maximum absolute atomic E-state index is 14.4. The minimum absolute atomic E-state index is 0.0810. The number of imidazole rings is 1. The standard InChI is InChI=1S/C22H24ClFN6OS/c1-22(24)9-4-10-26-16(22)13-27-21(31)19-20(23)32-18(30-19)8-12-25-11-7-17-28-14-5-2-3-6-15(14)29-17/h2-6,9-10,16,23,25H,7-8,11-13H2,1H3,(H-,27,28,29,31)/p+1. The maximum atomic E-state index is 14.4. The highest BCUT2D eigenvalue weighted by Crippen LogP contribution is 2.23. The highest BCUT2D eigenvalue weighted by atomic mass is 35.5. The number of hydrogen-bond donors (Lipinski definition) is 3. The molecule has 2 unspecified atom stereocenters. The molecule has 0 bridgehead atoms. The van der Waals surface area contributed by atoms with Gasteiger partial charge in [0.05, 0.1) is 11.0 Å². The molecule has 7 nitrogen and oxygen atoms in total. The van der Waals surface area contributed by atoms with Gasteiger partial charge in [0.15, 0.2) is 17.3 Å². The number of allylic oxidation sites excluding steroid dienone is 1. The molecule has 0 spiro atoms. The summed E-state index contributed by atoms with van der Waals surface area (Å²) in [6.45, 7) is 3.01. The molecule has 4 rings (SSSR count). The Labute approximate surface area is 194 Å². The van der Waals surface area contributed by atoms with Gasteiger partial charge in [-0.1, -0.05) is 23.5 Å². The molecule has 3 heterocycles. The number of H-pyrrole nitrogens is 1. The molecule has 1 amide bonds. The van der Waals surface area contributed by atoms with Crippen LogP contribution in [0.2, 0.25) is 4.34 Å². The summed E-state index contributed by atoms with van der Waals surface area (Å²) in [5.41, 5.74) is 0.632. The van der Waals surface area contributed by atoms with Crippen molar-refractivity contribution in [2.45, 2.75) is 31.5 Å². The lowest BCUT2D eigenvalue weighted by Gasteiger charge is -2.26. The molecule has 1 aliphatic rings. The van der Waals surface area contributed by atoms with Gasteiger partial charge in [-0.2, -0.15) is 0 Å². The normalized spacial score (nSPS) is 20.2. The van der Waals surface area contributed by atoms with E-state index in [1.54, 1.807) is 12.3 Å². The number of dihydropyridines is 1. The maximum Gasteiger partial charge on any atom is 0.312 e. The first kappa shape index (κ1) is 22.6. The number of para-hydroxylation sites is 2. The zero-order chi connectivity index (χ0) is 22.6. The molecular weight excluding hydrogens is 451 g/mol. The van der Waals surface area contributed by atoms with Crippen molar-refractivity contribution >= 4 is 34.5 Å². The van der Waals surface area contributed by atoms with E-state index < -0.39 is 17.6 Å². The van der Waals surface area contributed by atoms with E-state index in [1.807, 2.05) is 24.3 Å². The van der Waals surface area contributed by atoms with Crippen LogP contribution in [0.3, 0.4) is 0 Å². The molecular formula is C22H25ClFN6OS+. The second-order valence-corrected chi connectivity index (χ2v) is 9.48. The minimum Gasteiger partial charge on any atom is -0.348 e. The minimum atomic E-state index is -1.60. The van der Waals surface area contributed by atoms with Crippen LogP contribution in [0.5, 0.6) is 0 Å². The van der Waals surface area contributed by atoms with Gasteiger partial charge in [-0.3, -0.25) is 9.79 Å². The number of rotatable bonds is 9. The number of aromatic amines is 1. The van der Waals surface area contributed by atoms with Crippen LogP contribution >= 0.6 is 11.3 Å². The third-order valence-corrected chi connectivity index (χ3v) is 6.58. The van der Waals surface area contributed by atoms with E-state index >= 15 is 0 Å². The number of aliphatic imine (C=N–C) groups is 1. The summed E-state index contributed by atoms with van der Waals surface area (Å²) in [7, 11) is 0. The Kier molecular flexibility index (Phi) is 6.98. The van der Waals surface area contributed by atoms with Gasteiger partial charge in [0.2, 0.25) is 5.69 Å². The largest absolute Gasteiger partial charge is 0.348 e. The lowest BCUT2D eigenvalue weighted by molar-refractivity contribution is -0.282. The molecule has 0 fully saturated rings. The fourth-order valence-corrected chi connectivity index (χ4v) is 4.63. The second kappa shape index (κ2) is 9.89. The molecule has 3 aromatic rings. The summed E-state index contributed by atoms with van der Waals surface area (Å²) < 4.78 is 14.9. The monoisotopic (exact) mass is 475 g/mol. The van der Waals surface area contributed by atoms with Gasteiger partial charge < -0.3 is 15.6 Å². The van der Waals surface area contributed by atoms with Gasteiger partial charge in [0.25, 0.3) is 5.91 Å². The molecule has 10 heteroatoms. The SMILES string of the molecule is CC1(F)C=CC=NC1CNC(=O)c1nc(CCNCCc2nc3ccccc3[nH]2)sc1[ClH+]. The van der Waals surface area contributed by atoms with Crippen molar-refractivity contribution in [2.24, 2.45) is 4.99 Å². The van der Waals surface area contributed by atoms with E-state index in [1.165, 1.54) is 24.3 Å². The molecule has 168 valence electrons. The average Bonchev–Trinajstić information content (AvgIpc) is 3.35. The fraction of sp³-hybridized carbons (Fsp3) is 0.364. The Morgan fingerprint density at radius 2 is 2.09 bits per heavy atom. The van der Waals surface area contributed by atoms with E-state index in [4.69, 9.17) is 11.6 Å². The third kappa shape index (κ3) is 5.40. The predicted molar refractivity (Wildman–Crippen MR) is 122 cm³/mol. The van der Waals surface area contributed by atoms with Crippen LogP contribution in [0.15, 0.2) is 41.4 Å². The number of hydrogen-bond acceptors (Lipinski definition) is 6. The Balaban J connectivity index is 1.22. The summed E-state index contributed by atoms with van der Waals surface area (Å²) in [5.74, 6) is 0.554. The van der Waals surface area contributed by atoms with Crippen LogP contribution in [0.4, 0.5) is 4.39 Å². The molecule has 3 N–H and O–H groups in total. The third-order valence-electron chi connectivity index (χ3n) is 5.23. The molecule has 1 aromatic carbocycles. The summed E-state index contributed by atoms with van der Waals surface area (Å²) in [4.78, 5) is 28.9. The van der Waals surface area contributed by atoms with Crippen LogP contribution in [0, 0.1) is 11.6 Å². The second-order valence-electron chi connectivity index (χ2n) is 7.73. The quantitative estimate of drug-likeness (QED) is 0.414. The van der Waals surface area contributed by atoms with Crippen LogP contribution in [0.1, 0.15) is 28.2 Å². The topological polar surface area (TPSA) is 95.1 Å². The molecule has 32 heavy (non-hydrogen) atoms. The number of halogens is 2. The first-order valence-corrected chi connectivity index (χ1v) is 11.6. The lowest BCUT2D eigenvalue weighted by atomic mass is 9.96. The molecule has 0 aliphatic carbocycles. The number of alkyl halides is 1. The van der Waals surface area contributed by atoms with E-state index in [0.717, 1.165) is 34.8 Å². The number of nitrogens with one attached hydrogen (secondary N) is 3. The Hall–Kier alpha value is -2.62. The molecule has 0 radical (unpaired) electrons. The van der Waals surface area contributed by atoms with Crippen molar-refractivity contribution in [3.05, 3.63) is 57.3 Å². The number of fused-ring (bicyclic) bond motifs is 1. The Morgan fingerprint density at radius 3 is 2.91 bits per heavy atom. The van der Waals surface area contributed by atoms with Crippen LogP contribution < -0.4 is 10.6 Å². The number of aromatic nitrogens is 3. The molecule has 0 saturated carbocycles. The van der Waals surface area contributed by atoms with E-state index in [9.17, 15) is 9.18 Å². The Bertz CT molecular complexity index is 1120. The van der Waals surface area contributed by atoms with Crippen molar-refractivity contribution in [1.29, 1.82) is 0 Å². The first-order valence-electron chi connectivity index (χ1n) is 10.4. The number of amides is 1. The highest BCUT2D eigenvalue weighted by Gasteiger charge is 2.33. The van der Waals surface area contributed by atoms with Crippen molar-refractivity contribution in [2.75, 3.05) is 19.6 Å². The van der Waals surface area contributed by atoms with E-state index in [-0.39, 0.29) is 12.2 Å². The summed E-state index contributed by atoms with van der Waals surface area (Å²) in [5, 5.41) is 6.88. The van der Waals surface area contributed by atoms with Gasteiger partial charge in [-0.05, 0) is 31.2 Å². The van der Waals surface area contributed by atoms with Crippen molar-refractivity contribution in [1.82, 2.24) is 25.6 Å². The van der Waals surface area contributed by atoms with Gasteiger partial charge >= 0.3 is 4.34 Å². The smallest absolute Gasteiger partial charge is 0.312 e. The number of carbonyl (C=O) groups excluding carboxylic acids is 1. The van der Waals surface area contributed by atoms with E-state index in [0.29, 0.717) is 17.3 Å². The van der Waals surface area contributed by atoms with Crippen molar-refractivity contribution < 1.29 is 20.8 Å². The zero-order valence-electron chi connectivity index (χ0n) is 17.6. The van der Waals surface area contributed by atoms with Gasteiger partial charge in [0.1, 0.15) is 16.9 Å². The number of benzene rings is 1. The van der Waals surface area contributed by atoms with Gasteiger partial charge in [0, 0.05) is 38.7 Å². The van der Waals surface area contributed by atoms with Crippen molar-refractivity contribution in [3.8, 4) is 0 Å². The van der Waals surface area contributed by atoms with Crippen LogP contribution in [0.25, 0.3) is 11.0 Å². The fourth-order valence-electron chi connectivity index (χ4n) is 3.42. The predicted octanol–water partition coefficient (Wildman–Crippen LogP) is 2.56. The molecule has 0 saturated heterocycles. The molecule has 2 aromatic heterocycles. The van der Waals surface area contributed by atoms with Crippen LogP contribution in [-0.2, 0) is 12.8 Å². The van der Waals surface area contributed by atoms with Crippen LogP contribution in [-0.4, -0.2) is 58.4 Å². The number of nitrogens with zero attached hydrogens (tertiary/aromatic N) is 3. The summed E-state index contributed by atoms with van der Waals surface area (Å²) >= 11 is 6.64.